The third kappa shape index (κ3) is 10.4. The fourth-order valence-corrected chi connectivity index (χ4v) is 5.55. The molecule has 1 aromatic carbocycles. The number of unbranched alkanes of at least 4 members (excludes halogenated alkanes) is 1. The number of benzene rings is 1. The first-order valence-electron chi connectivity index (χ1n) is 16.8. The molecule has 0 aliphatic heterocycles. The summed E-state index contributed by atoms with van der Waals surface area (Å²) in [5.74, 6) is 2.71. The Bertz CT molecular complexity index is 1760. The van der Waals surface area contributed by atoms with Crippen molar-refractivity contribution in [1.29, 1.82) is 0 Å². The molecule has 13 heteroatoms. The van der Waals surface area contributed by atoms with Gasteiger partial charge in [-0.15, -0.1) is 0 Å². The second kappa shape index (κ2) is 18.6. The van der Waals surface area contributed by atoms with Crippen LogP contribution in [0.4, 0.5) is 0 Å². The summed E-state index contributed by atoms with van der Waals surface area (Å²) in [5, 5.41) is 8.85. The molecule has 4 aromatic rings. The summed E-state index contributed by atoms with van der Waals surface area (Å²) in [6.45, 7) is 12.1. The monoisotopic (exact) mass is 687 g/mol. The van der Waals surface area contributed by atoms with Gasteiger partial charge in [-0.25, -0.2) is 4.98 Å². The van der Waals surface area contributed by atoms with Gasteiger partial charge >= 0.3 is 0 Å². The summed E-state index contributed by atoms with van der Waals surface area (Å²) >= 11 is 0. The number of rotatable bonds is 19. The fourth-order valence-electron chi connectivity index (χ4n) is 5.55. The molecule has 268 valence electrons. The van der Waals surface area contributed by atoms with E-state index in [0.29, 0.717) is 56.3 Å². The molecule has 0 saturated carbocycles. The zero-order valence-electron chi connectivity index (χ0n) is 30.1. The van der Waals surface area contributed by atoms with E-state index in [4.69, 9.17) is 23.9 Å². The number of methoxy groups -OCH3 is 2. The minimum absolute atomic E-state index is 0.0166. The number of amides is 2. The maximum absolute atomic E-state index is 11.1. The lowest BCUT2D eigenvalue weighted by Gasteiger charge is -2.16. The standard InChI is InChI=1S/C37H49N7O6/c1-24-31(22-49-34-16-14-29(36(42-34)47-6)11-8-9-18-39-27(4)45)12-10-13-33(24)44-25(2)32(41-26(44)3)23-50-35-17-15-30(37(43-35)48-7)21-38-19-20-40-28(5)46/h10,12-17,38H,8-9,11,18-23H2,1-7H3,(H,39,45)(H,40,46). The zero-order valence-corrected chi connectivity index (χ0v) is 30.1. The van der Waals surface area contributed by atoms with Crippen molar-refractivity contribution in [3.63, 3.8) is 0 Å². The summed E-state index contributed by atoms with van der Waals surface area (Å²) in [5.41, 5.74) is 6.76. The van der Waals surface area contributed by atoms with Crippen molar-refractivity contribution in [2.75, 3.05) is 33.9 Å². The van der Waals surface area contributed by atoms with Crippen molar-refractivity contribution in [2.24, 2.45) is 0 Å². The molecule has 0 aliphatic rings. The summed E-state index contributed by atoms with van der Waals surface area (Å²) in [6, 6.07) is 13.7. The number of aryl methyl sites for hydroxylation is 2. The van der Waals surface area contributed by atoms with Crippen molar-refractivity contribution < 1.29 is 28.5 Å². The van der Waals surface area contributed by atoms with Crippen LogP contribution in [-0.2, 0) is 35.8 Å². The van der Waals surface area contributed by atoms with E-state index in [-0.39, 0.29) is 18.4 Å². The van der Waals surface area contributed by atoms with Crippen LogP contribution in [-0.4, -0.2) is 65.2 Å². The van der Waals surface area contributed by atoms with Gasteiger partial charge in [-0.05, 0) is 69.4 Å². The maximum atomic E-state index is 11.1. The molecule has 0 fully saturated rings. The number of nitrogens with one attached hydrogen (secondary N) is 3. The summed E-state index contributed by atoms with van der Waals surface area (Å²) in [4.78, 5) is 36.1. The Balaban J connectivity index is 1.38. The van der Waals surface area contributed by atoms with Gasteiger partial charge in [0.1, 0.15) is 19.0 Å². The van der Waals surface area contributed by atoms with Gasteiger partial charge in [-0.3, -0.25) is 9.59 Å². The Morgan fingerprint density at radius 3 is 2.04 bits per heavy atom. The molecule has 0 aliphatic carbocycles. The Hall–Kier alpha value is -5.17. The second-order valence-corrected chi connectivity index (χ2v) is 11.9. The Labute approximate surface area is 294 Å². The van der Waals surface area contributed by atoms with Gasteiger partial charge in [0.05, 0.1) is 25.6 Å². The number of carbonyl (C=O) groups is 2. The van der Waals surface area contributed by atoms with E-state index in [1.165, 1.54) is 13.8 Å². The third-order valence-electron chi connectivity index (χ3n) is 8.22. The van der Waals surface area contributed by atoms with Crippen LogP contribution in [0.5, 0.6) is 23.5 Å². The third-order valence-corrected chi connectivity index (χ3v) is 8.22. The second-order valence-electron chi connectivity index (χ2n) is 11.9. The van der Waals surface area contributed by atoms with Gasteiger partial charge in [0.2, 0.25) is 35.3 Å². The van der Waals surface area contributed by atoms with E-state index >= 15 is 0 Å². The lowest BCUT2D eigenvalue weighted by Crippen LogP contribution is -2.30. The van der Waals surface area contributed by atoms with Gasteiger partial charge in [0.25, 0.3) is 0 Å². The Kier molecular flexibility index (Phi) is 14.0. The van der Waals surface area contributed by atoms with Gasteiger partial charge in [-0.1, -0.05) is 12.1 Å². The number of aromatic nitrogens is 4. The fraction of sp³-hybridized carbons (Fsp3) is 0.432. The predicted molar refractivity (Wildman–Crippen MR) is 190 cm³/mol. The number of nitrogens with zero attached hydrogens (tertiary/aromatic N) is 4. The molecule has 0 bridgehead atoms. The molecule has 3 heterocycles. The number of carbonyl (C=O) groups excluding carboxylic acids is 2. The molecule has 50 heavy (non-hydrogen) atoms. The number of imidazole rings is 1. The normalized spacial score (nSPS) is 10.9. The molecule has 0 spiro atoms. The van der Waals surface area contributed by atoms with Crippen LogP contribution in [0, 0.1) is 20.8 Å². The van der Waals surface area contributed by atoms with Crippen LogP contribution in [0.15, 0.2) is 42.5 Å². The minimum Gasteiger partial charge on any atom is -0.481 e. The molecule has 0 atom stereocenters. The number of hydrogen-bond acceptors (Lipinski definition) is 10. The predicted octanol–water partition coefficient (Wildman–Crippen LogP) is 4.45. The number of ether oxygens (including phenoxy) is 4. The highest BCUT2D eigenvalue weighted by Crippen LogP contribution is 2.27. The Morgan fingerprint density at radius 1 is 0.720 bits per heavy atom. The van der Waals surface area contributed by atoms with E-state index in [1.807, 2.05) is 50.2 Å². The molecule has 3 aromatic heterocycles. The highest BCUT2D eigenvalue weighted by Gasteiger charge is 2.17. The first kappa shape index (κ1) is 37.6. The highest BCUT2D eigenvalue weighted by molar-refractivity contribution is 5.73. The van der Waals surface area contributed by atoms with Crippen LogP contribution in [0.25, 0.3) is 5.69 Å². The number of pyridine rings is 2. The van der Waals surface area contributed by atoms with Gasteiger partial charge < -0.3 is 39.5 Å². The van der Waals surface area contributed by atoms with Gasteiger partial charge in [-0.2, -0.15) is 9.97 Å². The van der Waals surface area contributed by atoms with Crippen molar-refractivity contribution in [3.8, 4) is 29.2 Å². The summed E-state index contributed by atoms with van der Waals surface area (Å²) in [6.07, 6.45) is 2.58. The van der Waals surface area contributed by atoms with Crippen molar-refractivity contribution in [3.05, 3.63) is 81.9 Å². The first-order valence-corrected chi connectivity index (χ1v) is 16.8. The van der Waals surface area contributed by atoms with Crippen LogP contribution in [0.2, 0.25) is 0 Å². The SMILES string of the molecule is COc1nc(OCc2cccc(-n3c(C)nc(COc4ccc(CNCCNC(C)=O)c(OC)n4)c3C)c2C)ccc1CCCCNC(C)=O. The molecular weight excluding hydrogens is 638 g/mol. The summed E-state index contributed by atoms with van der Waals surface area (Å²) < 4.78 is 25.4. The summed E-state index contributed by atoms with van der Waals surface area (Å²) in [7, 11) is 3.19. The molecule has 0 unspecified atom stereocenters. The molecule has 13 nitrogen and oxygen atoms in total. The van der Waals surface area contributed by atoms with E-state index in [9.17, 15) is 9.59 Å². The van der Waals surface area contributed by atoms with Crippen LogP contribution in [0.3, 0.4) is 0 Å². The van der Waals surface area contributed by atoms with Crippen LogP contribution < -0.4 is 34.9 Å². The molecule has 3 N–H and O–H groups in total. The smallest absolute Gasteiger partial charge is 0.220 e. The van der Waals surface area contributed by atoms with Gasteiger partial charge in [0, 0.05) is 69.0 Å². The lowest BCUT2D eigenvalue weighted by atomic mass is 10.1. The largest absolute Gasteiger partial charge is 0.481 e. The zero-order chi connectivity index (χ0) is 36.0. The molecule has 0 saturated heterocycles. The van der Waals surface area contributed by atoms with E-state index in [1.54, 1.807) is 14.2 Å². The van der Waals surface area contributed by atoms with Crippen molar-refractivity contribution in [1.82, 2.24) is 35.5 Å². The number of hydrogen-bond donors (Lipinski definition) is 3. The Morgan fingerprint density at radius 2 is 1.36 bits per heavy atom. The molecule has 4 rings (SSSR count). The van der Waals surface area contributed by atoms with E-state index in [2.05, 4.69) is 43.5 Å². The van der Waals surface area contributed by atoms with E-state index in [0.717, 1.165) is 64.4 Å². The lowest BCUT2D eigenvalue weighted by molar-refractivity contribution is -0.119. The van der Waals surface area contributed by atoms with Crippen LogP contribution >= 0.6 is 0 Å². The highest BCUT2D eigenvalue weighted by atomic mass is 16.5. The molecular formula is C37H49N7O6. The molecule has 0 radical (unpaired) electrons. The van der Waals surface area contributed by atoms with E-state index < -0.39 is 0 Å². The average molecular weight is 688 g/mol. The quantitative estimate of drug-likeness (QED) is 0.121. The minimum atomic E-state index is -0.0569. The topological polar surface area (TPSA) is 151 Å². The maximum Gasteiger partial charge on any atom is 0.220 e. The molecule has 2 amide bonds. The average Bonchev–Trinajstić information content (AvgIpc) is 3.38. The van der Waals surface area contributed by atoms with Crippen LogP contribution in [0.1, 0.15) is 66.2 Å². The van der Waals surface area contributed by atoms with Crippen molar-refractivity contribution >= 4 is 11.8 Å². The van der Waals surface area contributed by atoms with Gasteiger partial charge in [0.15, 0.2) is 0 Å². The van der Waals surface area contributed by atoms with Crippen molar-refractivity contribution in [2.45, 2.75) is 73.6 Å². The first-order chi connectivity index (χ1) is 24.1.